The minimum absolute atomic E-state index is 0.0702. The number of carbonyl (C=O) groups is 2. The lowest BCUT2D eigenvalue weighted by atomic mass is 10.1. The van der Waals surface area contributed by atoms with Crippen molar-refractivity contribution in [3.8, 4) is 0 Å². The summed E-state index contributed by atoms with van der Waals surface area (Å²) in [5.41, 5.74) is -0.487. The molecule has 0 radical (unpaired) electrons. The number of rotatable bonds is 3. The molecule has 1 aliphatic rings. The monoisotopic (exact) mass is 241 g/mol. The van der Waals surface area contributed by atoms with Crippen LogP contribution in [0.3, 0.4) is 0 Å². The van der Waals surface area contributed by atoms with Gasteiger partial charge >= 0.3 is 5.97 Å². The molecule has 0 aromatic rings. The zero-order valence-corrected chi connectivity index (χ0v) is 11.3. The summed E-state index contributed by atoms with van der Waals surface area (Å²) < 4.78 is 5.35. The van der Waals surface area contributed by atoms with Crippen molar-refractivity contribution in [3.63, 3.8) is 0 Å². The fourth-order valence-corrected chi connectivity index (χ4v) is 2.04. The van der Waals surface area contributed by atoms with Gasteiger partial charge in [0.05, 0.1) is 0 Å². The zero-order chi connectivity index (χ0) is 13.1. The molecule has 1 amide bonds. The van der Waals surface area contributed by atoms with E-state index in [1.54, 1.807) is 4.90 Å². The molecule has 0 aromatic heterocycles. The SMILES string of the molecule is CCCC(=O)N1CCC[C@@H]1C(=O)OC(C)(C)C. The first-order valence-electron chi connectivity index (χ1n) is 6.37. The van der Waals surface area contributed by atoms with Crippen molar-refractivity contribution >= 4 is 11.9 Å². The summed E-state index contributed by atoms with van der Waals surface area (Å²) in [5.74, 6) is -0.194. The van der Waals surface area contributed by atoms with Crippen molar-refractivity contribution in [1.82, 2.24) is 4.90 Å². The molecule has 0 saturated carbocycles. The Kier molecular flexibility index (Phi) is 4.54. The molecule has 0 unspecified atom stereocenters. The fourth-order valence-electron chi connectivity index (χ4n) is 2.04. The van der Waals surface area contributed by atoms with Gasteiger partial charge in [-0.05, 0) is 40.0 Å². The number of amides is 1. The smallest absolute Gasteiger partial charge is 0.329 e. The van der Waals surface area contributed by atoms with Gasteiger partial charge in [0.2, 0.25) is 5.91 Å². The van der Waals surface area contributed by atoms with Gasteiger partial charge in [0.15, 0.2) is 0 Å². The van der Waals surface area contributed by atoms with Crippen molar-refractivity contribution in [2.75, 3.05) is 6.54 Å². The molecular weight excluding hydrogens is 218 g/mol. The maximum absolute atomic E-state index is 12.0. The summed E-state index contributed by atoms with van der Waals surface area (Å²) in [4.78, 5) is 25.5. The molecular formula is C13H23NO3. The van der Waals surface area contributed by atoms with E-state index in [9.17, 15) is 9.59 Å². The van der Waals surface area contributed by atoms with Gasteiger partial charge in [-0.3, -0.25) is 4.79 Å². The number of likely N-dealkylation sites (tertiary alicyclic amines) is 1. The van der Waals surface area contributed by atoms with E-state index < -0.39 is 5.60 Å². The van der Waals surface area contributed by atoms with Gasteiger partial charge in [0.1, 0.15) is 11.6 Å². The van der Waals surface area contributed by atoms with Crippen molar-refractivity contribution in [2.45, 2.75) is 65.0 Å². The van der Waals surface area contributed by atoms with Crippen LogP contribution in [0.15, 0.2) is 0 Å². The maximum atomic E-state index is 12.0. The summed E-state index contributed by atoms with van der Waals surface area (Å²) in [6.45, 7) is 8.19. The number of hydrogen-bond acceptors (Lipinski definition) is 3. The predicted octanol–water partition coefficient (Wildman–Crippen LogP) is 2.12. The summed E-state index contributed by atoms with van der Waals surface area (Å²) in [6, 6.07) is -0.367. The van der Waals surface area contributed by atoms with Gasteiger partial charge in [-0.1, -0.05) is 6.92 Å². The molecule has 1 fully saturated rings. The van der Waals surface area contributed by atoms with Crippen LogP contribution in [-0.4, -0.2) is 35.0 Å². The largest absolute Gasteiger partial charge is 0.458 e. The Labute approximate surface area is 103 Å². The predicted molar refractivity (Wildman–Crippen MR) is 65.5 cm³/mol. The Hall–Kier alpha value is -1.06. The number of carbonyl (C=O) groups excluding carboxylic acids is 2. The molecule has 4 heteroatoms. The highest BCUT2D eigenvalue weighted by atomic mass is 16.6. The first-order valence-corrected chi connectivity index (χ1v) is 6.37. The Bertz CT molecular complexity index is 294. The Morgan fingerprint density at radius 3 is 2.53 bits per heavy atom. The molecule has 98 valence electrons. The van der Waals surface area contributed by atoms with Crippen molar-refractivity contribution in [2.24, 2.45) is 0 Å². The Morgan fingerprint density at radius 1 is 1.35 bits per heavy atom. The first-order chi connectivity index (χ1) is 7.85. The second-order valence-corrected chi connectivity index (χ2v) is 5.53. The van der Waals surface area contributed by atoms with E-state index in [2.05, 4.69) is 0 Å². The van der Waals surface area contributed by atoms with Gasteiger partial charge in [0.25, 0.3) is 0 Å². The maximum Gasteiger partial charge on any atom is 0.329 e. The first kappa shape index (κ1) is 14.0. The number of nitrogens with zero attached hydrogens (tertiary/aromatic N) is 1. The molecule has 4 nitrogen and oxygen atoms in total. The fraction of sp³-hybridized carbons (Fsp3) is 0.846. The van der Waals surface area contributed by atoms with Crippen LogP contribution in [0, 0.1) is 0 Å². The van der Waals surface area contributed by atoms with Crippen LogP contribution in [0.2, 0.25) is 0 Å². The quantitative estimate of drug-likeness (QED) is 0.711. The van der Waals surface area contributed by atoms with E-state index in [4.69, 9.17) is 4.74 Å². The highest BCUT2D eigenvalue weighted by Crippen LogP contribution is 2.22. The van der Waals surface area contributed by atoms with Crippen LogP contribution in [-0.2, 0) is 14.3 Å². The highest BCUT2D eigenvalue weighted by Gasteiger charge is 2.36. The van der Waals surface area contributed by atoms with Crippen LogP contribution in [0.1, 0.15) is 53.4 Å². The van der Waals surface area contributed by atoms with E-state index in [0.717, 1.165) is 19.3 Å². The summed E-state index contributed by atoms with van der Waals surface area (Å²) in [7, 11) is 0. The van der Waals surface area contributed by atoms with Crippen molar-refractivity contribution in [3.05, 3.63) is 0 Å². The normalized spacial score (nSPS) is 20.5. The van der Waals surface area contributed by atoms with Gasteiger partial charge in [-0.15, -0.1) is 0 Å². The number of esters is 1. The molecule has 1 aliphatic heterocycles. The number of ether oxygens (including phenoxy) is 1. The lowest BCUT2D eigenvalue weighted by Crippen LogP contribution is -2.43. The van der Waals surface area contributed by atoms with Gasteiger partial charge in [-0.2, -0.15) is 0 Å². The summed E-state index contributed by atoms with van der Waals surface area (Å²) >= 11 is 0. The third-order valence-electron chi connectivity index (χ3n) is 2.72. The van der Waals surface area contributed by atoms with Gasteiger partial charge in [0, 0.05) is 13.0 Å². The minimum atomic E-state index is -0.487. The van der Waals surface area contributed by atoms with Crippen LogP contribution in [0.25, 0.3) is 0 Å². The van der Waals surface area contributed by atoms with Crippen LogP contribution < -0.4 is 0 Å². The Morgan fingerprint density at radius 2 is 2.00 bits per heavy atom. The molecule has 1 saturated heterocycles. The number of hydrogen-bond donors (Lipinski definition) is 0. The Balaban J connectivity index is 2.63. The molecule has 1 rings (SSSR count). The molecule has 0 aromatic carbocycles. The third-order valence-corrected chi connectivity index (χ3v) is 2.72. The summed E-state index contributed by atoms with van der Waals surface area (Å²) in [6.07, 6.45) is 2.94. The van der Waals surface area contributed by atoms with Crippen molar-refractivity contribution < 1.29 is 14.3 Å². The molecule has 1 heterocycles. The molecule has 17 heavy (non-hydrogen) atoms. The van der Waals surface area contributed by atoms with E-state index in [0.29, 0.717) is 13.0 Å². The standard InChI is InChI=1S/C13H23NO3/c1-5-7-11(15)14-9-6-8-10(14)12(16)17-13(2,3)4/h10H,5-9H2,1-4H3/t10-/m1/s1. The average molecular weight is 241 g/mol. The lowest BCUT2D eigenvalue weighted by Gasteiger charge is -2.27. The van der Waals surface area contributed by atoms with Crippen LogP contribution >= 0.6 is 0 Å². The third kappa shape index (κ3) is 4.02. The van der Waals surface area contributed by atoms with E-state index >= 15 is 0 Å². The molecule has 0 aliphatic carbocycles. The van der Waals surface area contributed by atoms with E-state index in [1.165, 1.54) is 0 Å². The van der Waals surface area contributed by atoms with E-state index in [-0.39, 0.29) is 17.9 Å². The van der Waals surface area contributed by atoms with Crippen LogP contribution in [0.5, 0.6) is 0 Å². The molecule has 1 atom stereocenters. The highest BCUT2D eigenvalue weighted by molar-refractivity contribution is 5.85. The minimum Gasteiger partial charge on any atom is -0.458 e. The van der Waals surface area contributed by atoms with Crippen LogP contribution in [0.4, 0.5) is 0 Å². The zero-order valence-electron chi connectivity index (χ0n) is 11.3. The van der Waals surface area contributed by atoms with Gasteiger partial charge < -0.3 is 9.64 Å². The van der Waals surface area contributed by atoms with Crippen molar-refractivity contribution in [1.29, 1.82) is 0 Å². The second kappa shape index (κ2) is 5.52. The summed E-state index contributed by atoms with van der Waals surface area (Å²) in [5, 5.41) is 0. The van der Waals surface area contributed by atoms with E-state index in [1.807, 2.05) is 27.7 Å². The lowest BCUT2D eigenvalue weighted by molar-refractivity contribution is -0.163. The molecule has 0 N–H and O–H groups in total. The van der Waals surface area contributed by atoms with Gasteiger partial charge in [-0.25, -0.2) is 4.79 Å². The molecule has 0 bridgehead atoms. The topological polar surface area (TPSA) is 46.6 Å². The molecule has 0 spiro atoms. The second-order valence-electron chi connectivity index (χ2n) is 5.53. The average Bonchev–Trinajstić information content (AvgIpc) is 2.63.